The molecule has 1 saturated heterocycles. The van der Waals surface area contributed by atoms with E-state index in [1.807, 2.05) is 0 Å². The van der Waals surface area contributed by atoms with Gasteiger partial charge in [-0.2, -0.15) is 0 Å². The quantitative estimate of drug-likeness (QED) is 0.653. The average Bonchev–Trinajstić information content (AvgIpc) is 2.32. The highest BCUT2D eigenvalue weighted by molar-refractivity contribution is 5.05. The molecule has 0 aromatic carbocycles. The van der Waals surface area contributed by atoms with E-state index in [0.717, 1.165) is 5.92 Å². The van der Waals surface area contributed by atoms with Crippen LogP contribution in [0.15, 0.2) is 0 Å². The maximum Gasteiger partial charge on any atom is 0.0690 e. The lowest BCUT2D eigenvalue weighted by atomic mass is 9.63. The third kappa shape index (κ3) is 1.32. The van der Waals surface area contributed by atoms with Gasteiger partial charge in [-0.05, 0) is 50.9 Å². The Hall–Kier alpha value is -0.0400. The molecule has 0 N–H and O–H groups in total. The predicted octanol–water partition coefficient (Wildman–Crippen LogP) is 3.77. The van der Waals surface area contributed by atoms with E-state index >= 15 is 0 Å². The third-order valence-electron chi connectivity index (χ3n) is 4.88. The van der Waals surface area contributed by atoms with Gasteiger partial charge < -0.3 is 4.74 Å². The fraction of sp³-hybridized carbons (Fsp3) is 1.00. The first kappa shape index (κ1) is 10.5. The van der Waals surface area contributed by atoms with Gasteiger partial charge in [-0.25, -0.2) is 0 Å². The summed E-state index contributed by atoms with van der Waals surface area (Å²) in [6, 6.07) is 0. The first-order valence-corrected chi connectivity index (χ1v) is 6.20. The van der Waals surface area contributed by atoms with Crippen molar-refractivity contribution in [2.75, 3.05) is 0 Å². The summed E-state index contributed by atoms with van der Waals surface area (Å²) in [6.45, 7) is 9.27. The zero-order valence-electron chi connectivity index (χ0n) is 10.1. The van der Waals surface area contributed by atoms with Crippen LogP contribution < -0.4 is 0 Å². The van der Waals surface area contributed by atoms with Crippen molar-refractivity contribution in [1.82, 2.24) is 0 Å². The van der Waals surface area contributed by atoms with E-state index in [1.54, 1.807) is 0 Å². The van der Waals surface area contributed by atoms with Crippen LogP contribution in [0.1, 0.15) is 59.8 Å². The highest BCUT2D eigenvalue weighted by Gasteiger charge is 2.56. The molecule has 0 amide bonds. The Kier molecular flexibility index (Phi) is 2.42. The van der Waals surface area contributed by atoms with Crippen molar-refractivity contribution in [2.24, 2.45) is 11.3 Å². The van der Waals surface area contributed by atoms with Crippen LogP contribution in [0.25, 0.3) is 0 Å². The largest absolute Gasteiger partial charge is 0.371 e. The molecule has 0 spiro atoms. The Morgan fingerprint density at radius 2 is 2.07 bits per heavy atom. The van der Waals surface area contributed by atoms with Gasteiger partial charge in [-0.3, -0.25) is 0 Å². The van der Waals surface area contributed by atoms with E-state index in [2.05, 4.69) is 27.7 Å². The van der Waals surface area contributed by atoms with E-state index in [9.17, 15) is 0 Å². The summed E-state index contributed by atoms with van der Waals surface area (Å²) in [5.74, 6) is 0.748. The van der Waals surface area contributed by atoms with Gasteiger partial charge in [0.15, 0.2) is 0 Å². The standard InChI is InChI=1S/C13H24O/c1-5-7-13-8-6-10(2)12(4,9-13)14-11(13)3/h10-11H,5-9H2,1-4H3. The summed E-state index contributed by atoms with van der Waals surface area (Å²) in [4.78, 5) is 0. The monoisotopic (exact) mass is 196 g/mol. The van der Waals surface area contributed by atoms with Crippen molar-refractivity contribution < 1.29 is 4.74 Å². The molecule has 2 rings (SSSR count). The second-order valence-electron chi connectivity index (χ2n) is 5.80. The zero-order valence-corrected chi connectivity index (χ0v) is 10.1. The number of hydrogen-bond donors (Lipinski definition) is 0. The van der Waals surface area contributed by atoms with Crippen molar-refractivity contribution in [3.05, 3.63) is 0 Å². The van der Waals surface area contributed by atoms with E-state index in [4.69, 9.17) is 4.74 Å². The molecule has 4 unspecified atom stereocenters. The zero-order chi connectivity index (χ0) is 10.4. The number of ether oxygens (including phenoxy) is 1. The van der Waals surface area contributed by atoms with Crippen LogP contribution in [0.5, 0.6) is 0 Å². The molecule has 1 aliphatic carbocycles. The summed E-state index contributed by atoms with van der Waals surface area (Å²) in [7, 11) is 0. The SMILES string of the molecule is CCCC12CCC(C)C(C)(C1)OC2C. The lowest BCUT2D eigenvalue weighted by Crippen LogP contribution is -2.38. The van der Waals surface area contributed by atoms with Gasteiger partial charge in [0.2, 0.25) is 0 Å². The maximum absolute atomic E-state index is 6.24. The minimum Gasteiger partial charge on any atom is -0.371 e. The molecule has 1 aliphatic heterocycles. The smallest absolute Gasteiger partial charge is 0.0690 e. The van der Waals surface area contributed by atoms with Crippen LogP contribution in [0.4, 0.5) is 0 Å². The molecule has 2 bridgehead atoms. The second-order valence-corrected chi connectivity index (χ2v) is 5.80. The lowest BCUT2D eigenvalue weighted by molar-refractivity contribution is -0.0546. The van der Waals surface area contributed by atoms with Crippen molar-refractivity contribution in [3.63, 3.8) is 0 Å². The van der Waals surface area contributed by atoms with Gasteiger partial charge in [0.1, 0.15) is 0 Å². The molecule has 0 radical (unpaired) electrons. The van der Waals surface area contributed by atoms with Crippen molar-refractivity contribution in [1.29, 1.82) is 0 Å². The molecule has 4 atom stereocenters. The topological polar surface area (TPSA) is 9.23 Å². The van der Waals surface area contributed by atoms with Crippen LogP contribution in [0, 0.1) is 11.3 Å². The Bertz CT molecular complexity index is 225. The van der Waals surface area contributed by atoms with E-state index in [1.165, 1.54) is 32.1 Å². The molecular weight excluding hydrogens is 172 g/mol. The van der Waals surface area contributed by atoms with E-state index in [0.29, 0.717) is 11.5 Å². The number of hydrogen-bond acceptors (Lipinski definition) is 1. The molecule has 1 heterocycles. The summed E-state index contributed by atoms with van der Waals surface area (Å²) >= 11 is 0. The van der Waals surface area contributed by atoms with Crippen LogP contribution in [-0.2, 0) is 4.74 Å². The molecule has 2 aliphatic rings. The van der Waals surface area contributed by atoms with Crippen molar-refractivity contribution in [2.45, 2.75) is 71.5 Å². The normalized spacial score (nSPS) is 52.3. The lowest BCUT2D eigenvalue weighted by Gasteiger charge is -2.40. The average molecular weight is 196 g/mol. The Balaban J connectivity index is 2.22. The highest BCUT2D eigenvalue weighted by atomic mass is 16.5. The number of rotatable bonds is 2. The van der Waals surface area contributed by atoms with E-state index < -0.39 is 0 Å². The number of fused-ring (bicyclic) bond motifs is 2. The Labute approximate surface area is 88.2 Å². The van der Waals surface area contributed by atoms with Crippen molar-refractivity contribution >= 4 is 0 Å². The molecule has 2 fully saturated rings. The maximum atomic E-state index is 6.24. The van der Waals surface area contributed by atoms with Gasteiger partial charge in [0.25, 0.3) is 0 Å². The summed E-state index contributed by atoms with van der Waals surface area (Å²) in [6.07, 6.45) is 7.20. The minimum atomic E-state index is 0.187. The summed E-state index contributed by atoms with van der Waals surface area (Å²) in [5, 5.41) is 0. The van der Waals surface area contributed by atoms with Gasteiger partial charge in [0, 0.05) is 0 Å². The summed E-state index contributed by atoms with van der Waals surface area (Å²) in [5.41, 5.74) is 0.711. The van der Waals surface area contributed by atoms with Crippen molar-refractivity contribution in [3.8, 4) is 0 Å². The summed E-state index contributed by atoms with van der Waals surface area (Å²) < 4.78 is 6.24. The molecule has 1 heteroatoms. The first-order valence-electron chi connectivity index (χ1n) is 6.20. The molecule has 0 aromatic heterocycles. The van der Waals surface area contributed by atoms with Crippen LogP contribution in [0.3, 0.4) is 0 Å². The Morgan fingerprint density at radius 3 is 2.71 bits per heavy atom. The molecule has 0 aromatic rings. The van der Waals surface area contributed by atoms with E-state index in [-0.39, 0.29) is 5.60 Å². The Morgan fingerprint density at radius 1 is 1.36 bits per heavy atom. The molecule has 1 nitrogen and oxygen atoms in total. The van der Waals surface area contributed by atoms with Crippen LogP contribution in [0.2, 0.25) is 0 Å². The third-order valence-corrected chi connectivity index (χ3v) is 4.88. The van der Waals surface area contributed by atoms with Crippen LogP contribution in [-0.4, -0.2) is 11.7 Å². The molecule has 82 valence electrons. The predicted molar refractivity (Wildman–Crippen MR) is 59.3 cm³/mol. The van der Waals surface area contributed by atoms with Crippen LogP contribution >= 0.6 is 0 Å². The van der Waals surface area contributed by atoms with Gasteiger partial charge in [-0.15, -0.1) is 0 Å². The minimum absolute atomic E-state index is 0.187. The highest BCUT2D eigenvalue weighted by Crippen LogP contribution is 2.57. The molecular formula is C13H24O. The van der Waals surface area contributed by atoms with Gasteiger partial charge in [-0.1, -0.05) is 20.3 Å². The molecule has 14 heavy (non-hydrogen) atoms. The first-order chi connectivity index (χ1) is 6.52. The molecule has 1 saturated carbocycles. The fourth-order valence-corrected chi connectivity index (χ4v) is 3.72. The van der Waals surface area contributed by atoms with Gasteiger partial charge in [0.05, 0.1) is 11.7 Å². The fourth-order valence-electron chi connectivity index (χ4n) is 3.72. The second kappa shape index (κ2) is 3.23. The van der Waals surface area contributed by atoms with Gasteiger partial charge >= 0.3 is 0 Å².